The van der Waals surface area contributed by atoms with Crippen LogP contribution in [0.4, 0.5) is 0 Å². The molecule has 3 nitrogen and oxygen atoms in total. The lowest BCUT2D eigenvalue weighted by atomic mass is 9.92. The van der Waals surface area contributed by atoms with Gasteiger partial charge in [0, 0.05) is 13.1 Å². The molecular formula is C11H21NO2. The Balaban J connectivity index is 2.41. The van der Waals surface area contributed by atoms with E-state index in [9.17, 15) is 4.79 Å². The Morgan fingerprint density at radius 3 is 2.43 bits per heavy atom. The maximum absolute atomic E-state index is 11.0. The highest BCUT2D eigenvalue weighted by Gasteiger charge is 2.35. The number of carboxylic acid groups (broad SMARTS) is 1. The van der Waals surface area contributed by atoms with Crippen LogP contribution >= 0.6 is 0 Å². The minimum atomic E-state index is -0.659. The fourth-order valence-electron chi connectivity index (χ4n) is 1.98. The minimum absolute atomic E-state index is 0.252. The number of likely N-dealkylation sites (tertiary alicyclic amines) is 1. The molecule has 0 aromatic carbocycles. The van der Waals surface area contributed by atoms with Gasteiger partial charge in [0.25, 0.3) is 0 Å². The predicted octanol–water partition coefficient (Wildman–Crippen LogP) is 1.83. The average Bonchev–Trinajstić information content (AvgIpc) is 1.99. The second-order valence-electron chi connectivity index (χ2n) is 4.71. The van der Waals surface area contributed by atoms with Crippen molar-refractivity contribution in [3.63, 3.8) is 0 Å². The van der Waals surface area contributed by atoms with E-state index < -0.39 is 5.97 Å². The van der Waals surface area contributed by atoms with Crippen LogP contribution < -0.4 is 0 Å². The van der Waals surface area contributed by atoms with Gasteiger partial charge in [-0.2, -0.15) is 0 Å². The van der Waals surface area contributed by atoms with Gasteiger partial charge in [0.15, 0.2) is 0 Å². The molecule has 1 aliphatic rings. The van der Waals surface area contributed by atoms with Crippen molar-refractivity contribution < 1.29 is 9.90 Å². The van der Waals surface area contributed by atoms with Gasteiger partial charge >= 0.3 is 5.97 Å². The molecule has 1 heterocycles. The molecule has 0 spiro atoms. The van der Waals surface area contributed by atoms with E-state index in [1.165, 1.54) is 6.42 Å². The summed E-state index contributed by atoms with van der Waals surface area (Å²) in [5, 5.41) is 9.07. The Morgan fingerprint density at radius 2 is 2.07 bits per heavy atom. The maximum atomic E-state index is 11.0. The monoisotopic (exact) mass is 199 g/mol. The van der Waals surface area contributed by atoms with Gasteiger partial charge in [0.1, 0.15) is 6.04 Å². The van der Waals surface area contributed by atoms with Gasteiger partial charge in [-0.25, -0.2) is 0 Å². The maximum Gasteiger partial charge on any atom is 0.320 e. The van der Waals surface area contributed by atoms with Crippen LogP contribution in [0.2, 0.25) is 0 Å². The molecule has 0 saturated carbocycles. The average molecular weight is 199 g/mol. The largest absolute Gasteiger partial charge is 0.480 e. The SMILES string of the molecule is CCC1CN(C(CC(C)C)C(=O)O)C1. The lowest BCUT2D eigenvalue weighted by Crippen LogP contribution is -2.55. The fraction of sp³-hybridized carbons (Fsp3) is 0.909. The standard InChI is InChI=1S/C11H21NO2/c1-4-9-6-12(7-9)10(11(13)14)5-8(2)3/h8-10H,4-7H2,1-3H3,(H,13,14). The number of hydrogen-bond acceptors (Lipinski definition) is 2. The lowest BCUT2D eigenvalue weighted by molar-refractivity contribution is -0.147. The second-order valence-corrected chi connectivity index (χ2v) is 4.71. The molecule has 1 aliphatic heterocycles. The first-order valence-electron chi connectivity index (χ1n) is 5.51. The van der Waals surface area contributed by atoms with Crippen molar-refractivity contribution in [3.05, 3.63) is 0 Å². The molecular weight excluding hydrogens is 178 g/mol. The van der Waals surface area contributed by atoms with E-state index >= 15 is 0 Å². The quantitative estimate of drug-likeness (QED) is 0.734. The van der Waals surface area contributed by atoms with Crippen molar-refractivity contribution in [1.29, 1.82) is 0 Å². The molecule has 82 valence electrons. The summed E-state index contributed by atoms with van der Waals surface area (Å²) >= 11 is 0. The number of nitrogens with zero attached hydrogens (tertiary/aromatic N) is 1. The van der Waals surface area contributed by atoms with Gasteiger partial charge in [0.2, 0.25) is 0 Å². The van der Waals surface area contributed by atoms with Crippen LogP contribution in [0.5, 0.6) is 0 Å². The molecule has 1 unspecified atom stereocenters. The second kappa shape index (κ2) is 4.78. The molecule has 0 amide bonds. The van der Waals surface area contributed by atoms with E-state index in [2.05, 4.69) is 25.7 Å². The third kappa shape index (κ3) is 2.71. The molecule has 0 radical (unpaired) electrons. The summed E-state index contributed by atoms with van der Waals surface area (Å²) in [6.07, 6.45) is 1.94. The Morgan fingerprint density at radius 1 is 1.50 bits per heavy atom. The van der Waals surface area contributed by atoms with Crippen molar-refractivity contribution in [2.75, 3.05) is 13.1 Å². The highest BCUT2D eigenvalue weighted by atomic mass is 16.4. The van der Waals surface area contributed by atoms with Crippen molar-refractivity contribution in [1.82, 2.24) is 4.90 Å². The van der Waals surface area contributed by atoms with Crippen LogP contribution in [0.1, 0.15) is 33.6 Å². The van der Waals surface area contributed by atoms with E-state index in [0.717, 1.165) is 25.4 Å². The molecule has 1 rings (SSSR count). The summed E-state index contributed by atoms with van der Waals surface area (Å²) < 4.78 is 0. The van der Waals surface area contributed by atoms with Gasteiger partial charge in [0.05, 0.1) is 0 Å². The van der Waals surface area contributed by atoms with Gasteiger partial charge in [-0.05, 0) is 18.3 Å². The van der Waals surface area contributed by atoms with Crippen LogP contribution in [0, 0.1) is 11.8 Å². The van der Waals surface area contributed by atoms with Crippen molar-refractivity contribution in [2.24, 2.45) is 11.8 Å². The van der Waals surface area contributed by atoms with E-state index in [-0.39, 0.29) is 6.04 Å². The minimum Gasteiger partial charge on any atom is -0.480 e. The van der Waals surface area contributed by atoms with Gasteiger partial charge in [-0.15, -0.1) is 0 Å². The number of carbonyl (C=O) groups is 1. The van der Waals surface area contributed by atoms with Crippen LogP contribution in [0.15, 0.2) is 0 Å². The zero-order valence-corrected chi connectivity index (χ0v) is 9.36. The third-order valence-corrected chi connectivity index (χ3v) is 2.98. The molecule has 3 heteroatoms. The molecule has 1 N–H and O–H groups in total. The summed E-state index contributed by atoms with van der Waals surface area (Å²) in [5.41, 5.74) is 0. The normalized spacial score (nSPS) is 20.9. The Hall–Kier alpha value is -0.570. The predicted molar refractivity (Wildman–Crippen MR) is 56.2 cm³/mol. The van der Waals surface area contributed by atoms with Crippen LogP contribution in [-0.4, -0.2) is 35.1 Å². The van der Waals surface area contributed by atoms with Crippen LogP contribution in [0.3, 0.4) is 0 Å². The smallest absolute Gasteiger partial charge is 0.320 e. The molecule has 0 bridgehead atoms. The summed E-state index contributed by atoms with van der Waals surface area (Å²) in [5.74, 6) is 0.522. The van der Waals surface area contributed by atoms with Gasteiger partial charge in [-0.1, -0.05) is 27.2 Å². The Kier molecular flexibility index (Phi) is 3.93. The number of carboxylic acids is 1. The zero-order chi connectivity index (χ0) is 10.7. The third-order valence-electron chi connectivity index (χ3n) is 2.98. The number of aliphatic carboxylic acids is 1. The van der Waals surface area contributed by atoms with Crippen molar-refractivity contribution >= 4 is 5.97 Å². The molecule has 1 saturated heterocycles. The van der Waals surface area contributed by atoms with Crippen molar-refractivity contribution in [3.8, 4) is 0 Å². The highest BCUT2D eigenvalue weighted by molar-refractivity contribution is 5.73. The summed E-state index contributed by atoms with van der Waals surface area (Å²) in [7, 11) is 0. The Bertz CT molecular complexity index is 197. The molecule has 0 aromatic heterocycles. The van der Waals surface area contributed by atoms with Crippen LogP contribution in [0.25, 0.3) is 0 Å². The molecule has 1 fully saturated rings. The topological polar surface area (TPSA) is 40.5 Å². The van der Waals surface area contributed by atoms with E-state index in [1.807, 2.05) is 0 Å². The van der Waals surface area contributed by atoms with E-state index in [1.54, 1.807) is 0 Å². The summed E-state index contributed by atoms with van der Waals surface area (Å²) in [6, 6.07) is -0.252. The molecule has 14 heavy (non-hydrogen) atoms. The van der Waals surface area contributed by atoms with Gasteiger partial charge in [-0.3, -0.25) is 9.69 Å². The van der Waals surface area contributed by atoms with E-state index in [4.69, 9.17) is 5.11 Å². The Labute approximate surface area is 86.1 Å². The first-order valence-corrected chi connectivity index (χ1v) is 5.51. The molecule has 0 aromatic rings. The lowest BCUT2D eigenvalue weighted by Gasteiger charge is -2.43. The van der Waals surface area contributed by atoms with E-state index in [0.29, 0.717) is 5.92 Å². The molecule has 1 atom stereocenters. The van der Waals surface area contributed by atoms with Gasteiger partial charge < -0.3 is 5.11 Å². The fourth-order valence-corrected chi connectivity index (χ4v) is 1.98. The first-order chi connectivity index (χ1) is 6.54. The first kappa shape index (κ1) is 11.5. The van der Waals surface area contributed by atoms with Crippen LogP contribution in [-0.2, 0) is 4.79 Å². The highest BCUT2D eigenvalue weighted by Crippen LogP contribution is 2.24. The summed E-state index contributed by atoms with van der Waals surface area (Å²) in [4.78, 5) is 13.1. The number of rotatable bonds is 5. The zero-order valence-electron chi connectivity index (χ0n) is 9.36. The number of hydrogen-bond donors (Lipinski definition) is 1. The molecule has 0 aliphatic carbocycles. The summed E-state index contributed by atoms with van der Waals surface area (Å²) in [6.45, 7) is 8.26. The van der Waals surface area contributed by atoms with Crippen molar-refractivity contribution in [2.45, 2.75) is 39.7 Å².